The Morgan fingerprint density at radius 2 is 2.04 bits per heavy atom. The van der Waals surface area contributed by atoms with E-state index in [4.69, 9.17) is 4.98 Å². The first-order valence-corrected chi connectivity index (χ1v) is 8.94. The fourth-order valence-electron chi connectivity index (χ4n) is 2.97. The van der Waals surface area contributed by atoms with Crippen LogP contribution in [0.3, 0.4) is 0 Å². The van der Waals surface area contributed by atoms with Crippen molar-refractivity contribution in [3.8, 4) is 11.3 Å². The van der Waals surface area contributed by atoms with Gasteiger partial charge in [-0.05, 0) is 36.4 Å². The van der Waals surface area contributed by atoms with Gasteiger partial charge in [0.1, 0.15) is 5.82 Å². The SMILES string of the molecule is O=C(Nc1cccs1)Nc1ccccc1-c1cn2c(n1)CCCC2. The normalized spacial score (nSPS) is 13.3. The van der Waals surface area contributed by atoms with E-state index in [1.165, 1.54) is 24.2 Å². The van der Waals surface area contributed by atoms with E-state index in [-0.39, 0.29) is 6.03 Å². The molecule has 0 saturated carbocycles. The highest BCUT2D eigenvalue weighted by Gasteiger charge is 2.16. The van der Waals surface area contributed by atoms with Gasteiger partial charge in [0, 0.05) is 24.7 Å². The number of anilines is 2. The number of aryl methyl sites for hydroxylation is 2. The van der Waals surface area contributed by atoms with Crippen molar-refractivity contribution in [1.82, 2.24) is 9.55 Å². The molecule has 0 saturated heterocycles. The highest BCUT2D eigenvalue weighted by molar-refractivity contribution is 7.14. The summed E-state index contributed by atoms with van der Waals surface area (Å²) in [5.41, 5.74) is 2.63. The van der Waals surface area contributed by atoms with Crippen molar-refractivity contribution in [3.63, 3.8) is 0 Å². The van der Waals surface area contributed by atoms with Gasteiger partial charge in [-0.2, -0.15) is 0 Å². The van der Waals surface area contributed by atoms with Gasteiger partial charge in [-0.3, -0.25) is 5.32 Å². The summed E-state index contributed by atoms with van der Waals surface area (Å²) in [6, 6.07) is 11.3. The number of amides is 2. The average molecular weight is 338 g/mol. The van der Waals surface area contributed by atoms with Crippen molar-refractivity contribution >= 4 is 28.1 Å². The van der Waals surface area contributed by atoms with Crippen LogP contribution in [-0.2, 0) is 13.0 Å². The van der Waals surface area contributed by atoms with Crippen LogP contribution in [0.5, 0.6) is 0 Å². The van der Waals surface area contributed by atoms with Gasteiger partial charge in [0.25, 0.3) is 0 Å². The Balaban J connectivity index is 1.58. The molecule has 0 bridgehead atoms. The molecule has 24 heavy (non-hydrogen) atoms. The second kappa shape index (κ2) is 6.49. The van der Waals surface area contributed by atoms with Crippen LogP contribution >= 0.6 is 11.3 Å². The van der Waals surface area contributed by atoms with Gasteiger partial charge in [-0.1, -0.05) is 18.2 Å². The number of nitrogens with zero attached hydrogens (tertiary/aromatic N) is 2. The molecule has 1 aromatic carbocycles. The predicted octanol–water partition coefficient (Wildman–Crippen LogP) is 4.59. The molecule has 0 atom stereocenters. The van der Waals surface area contributed by atoms with Crippen molar-refractivity contribution in [2.45, 2.75) is 25.8 Å². The van der Waals surface area contributed by atoms with Crippen LogP contribution in [0.25, 0.3) is 11.3 Å². The maximum atomic E-state index is 12.2. The summed E-state index contributed by atoms with van der Waals surface area (Å²) >= 11 is 1.49. The van der Waals surface area contributed by atoms with E-state index in [0.717, 1.165) is 40.7 Å². The Hall–Kier alpha value is -2.60. The molecule has 0 radical (unpaired) electrons. The number of hydrogen-bond donors (Lipinski definition) is 2. The summed E-state index contributed by atoms with van der Waals surface area (Å²) in [5, 5.41) is 8.53. The molecule has 6 heteroatoms. The summed E-state index contributed by atoms with van der Waals surface area (Å²) in [6.45, 7) is 1.02. The van der Waals surface area contributed by atoms with Gasteiger partial charge in [-0.25, -0.2) is 9.78 Å². The first-order valence-electron chi connectivity index (χ1n) is 8.06. The molecule has 0 fully saturated rings. The third kappa shape index (κ3) is 3.05. The lowest BCUT2D eigenvalue weighted by Gasteiger charge is -2.11. The molecule has 1 aliphatic rings. The fraction of sp³-hybridized carbons (Fsp3) is 0.222. The van der Waals surface area contributed by atoms with E-state index >= 15 is 0 Å². The molecular weight excluding hydrogens is 320 g/mol. The molecule has 2 amide bonds. The van der Waals surface area contributed by atoms with E-state index in [9.17, 15) is 4.79 Å². The second-order valence-electron chi connectivity index (χ2n) is 5.79. The van der Waals surface area contributed by atoms with Crippen molar-refractivity contribution in [3.05, 3.63) is 53.8 Å². The molecule has 5 nitrogen and oxygen atoms in total. The number of hydrogen-bond acceptors (Lipinski definition) is 3. The van der Waals surface area contributed by atoms with E-state index in [0.29, 0.717) is 0 Å². The van der Waals surface area contributed by atoms with Crippen LogP contribution in [0.15, 0.2) is 48.0 Å². The summed E-state index contributed by atoms with van der Waals surface area (Å²) in [4.78, 5) is 17.0. The van der Waals surface area contributed by atoms with Gasteiger partial charge in [0.05, 0.1) is 16.4 Å². The van der Waals surface area contributed by atoms with Gasteiger partial charge in [0.15, 0.2) is 0 Å². The second-order valence-corrected chi connectivity index (χ2v) is 6.74. The largest absolute Gasteiger partial charge is 0.334 e. The van der Waals surface area contributed by atoms with Gasteiger partial charge in [0.2, 0.25) is 0 Å². The van der Waals surface area contributed by atoms with Crippen LogP contribution in [0, 0.1) is 0 Å². The molecule has 2 aromatic heterocycles. The van der Waals surface area contributed by atoms with E-state index in [1.807, 2.05) is 41.8 Å². The van der Waals surface area contributed by atoms with Crippen LogP contribution in [0.4, 0.5) is 15.5 Å². The minimum atomic E-state index is -0.242. The molecule has 3 heterocycles. The Morgan fingerprint density at radius 3 is 2.88 bits per heavy atom. The smallest absolute Gasteiger partial charge is 0.324 e. The average Bonchev–Trinajstić information content (AvgIpc) is 3.24. The Morgan fingerprint density at radius 1 is 1.12 bits per heavy atom. The Labute approximate surface area is 144 Å². The molecule has 0 unspecified atom stereocenters. The van der Waals surface area contributed by atoms with Crippen LogP contribution in [0.1, 0.15) is 18.7 Å². The molecule has 3 aromatic rings. The highest BCUT2D eigenvalue weighted by atomic mass is 32.1. The number of fused-ring (bicyclic) bond motifs is 1. The lowest BCUT2D eigenvalue weighted by molar-refractivity contribution is 0.262. The van der Waals surface area contributed by atoms with Crippen molar-refractivity contribution < 1.29 is 4.79 Å². The first-order chi connectivity index (χ1) is 11.8. The molecule has 0 aliphatic carbocycles. The molecular formula is C18H18N4OS. The molecule has 4 rings (SSSR count). The van der Waals surface area contributed by atoms with Crippen LogP contribution < -0.4 is 10.6 Å². The number of benzene rings is 1. The number of thiophene rings is 1. The number of imidazole rings is 1. The number of urea groups is 1. The summed E-state index contributed by atoms with van der Waals surface area (Å²) < 4.78 is 2.22. The third-order valence-electron chi connectivity index (χ3n) is 4.12. The van der Waals surface area contributed by atoms with E-state index in [2.05, 4.69) is 21.4 Å². The lowest BCUT2D eigenvalue weighted by Crippen LogP contribution is -2.19. The molecule has 1 aliphatic heterocycles. The monoisotopic (exact) mass is 338 g/mol. The Kier molecular flexibility index (Phi) is 4.04. The van der Waals surface area contributed by atoms with Gasteiger partial charge in [-0.15, -0.1) is 11.3 Å². The number of para-hydroxylation sites is 1. The maximum absolute atomic E-state index is 12.2. The van der Waals surface area contributed by atoms with Crippen molar-refractivity contribution in [2.75, 3.05) is 10.6 Å². The summed E-state index contributed by atoms with van der Waals surface area (Å²) in [7, 11) is 0. The Bertz CT molecular complexity index is 830. The molecule has 0 spiro atoms. The summed E-state index contributed by atoms with van der Waals surface area (Å²) in [5.74, 6) is 1.13. The van der Waals surface area contributed by atoms with Crippen molar-refractivity contribution in [1.29, 1.82) is 0 Å². The van der Waals surface area contributed by atoms with Gasteiger partial charge < -0.3 is 9.88 Å². The zero-order valence-corrected chi connectivity index (χ0v) is 14.0. The topological polar surface area (TPSA) is 59.0 Å². The zero-order chi connectivity index (χ0) is 16.4. The maximum Gasteiger partial charge on any atom is 0.324 e. The third-order valence-corrected chi connectivity index (χ3v) is 4.90. The van der Waals surface area contributed by atoms with E-state index in [1.54, 1.807) is 0 Å². The van der Waals surface area contributed by atoms with Crippen molar-refractivity contribution in [2.24, 2.45) is 0 Å². The number of rotatable bonds is 3. The number of aromatic nitrogens is 2. The predicted molar refractivity (Wildman–Crippen MR) is 97.6 cm³/mol. The summed E-state index contributed by atoms with van der Waals surface area (Å²) in [6.07, 6.45) is 5.51. The van der Waals surface area contributed by atoms with Crippen LogP contribution in [0.2, 0.25) is 0 Å². The molecule has 122 valence electrons. The van der Waals surface area contributed by atoms with Crippen LogP contribution in [-0.4, -0.2) is 15.6 Å². The molecule has 2 N–H and O–H groups in total. The number of carbonyl (C=O) groups is 1. The van der Waals surface area contributed by atoms with E-state index < -0.39 is 0 Å². The quantitative estimate of drug-likeness (QED) is 0.734. The minimum absolute atomic E-state index is 0.242. The minimum Gasteiger partial charge on any atom is -0.334 e. The number of carbonyl (C=O) groups excluding carboxylic acids is 1. The highest BCUT2D eigenvalue weighted by Crippen LogP contribution is 2.29. The zero-order valence-electron chi connectivity index (χ0n) is 13.2. The standard InChI is InChI=1S/C18H18N4OS/c23-18(21-17-9-5-11-24-17)20-14-7-2-1-6-13(14)15-12-22-10-4-3-8-16(22)19-15/h1-2,5-7,9,11-12H,3-4,8,10H2,(H2,20,21,23). The lowest BCUT2D eigenvalue weighted by atomic mass is 10.1. The van der Waals surface area contributed by atoms with Gasteiger partial charge >= 0.3 is 6.03 Å². The number of nitrogens with one attached hydrogen (secondary N) is 2. The fourth-order valence-corrected chi connectivity index (χ4v) is 3.59. The first kappa shape index (κ1) is 15.0.